The monoisotopic (exact) mass is 665 g/mol. The van der Waals surface area contributed by atoms with E-state index in [1.807, 2.05) is 6.08 Å². The Hall–Kier alpha value is -2.76. The number of esters is 1. The lowest BCUT2D eigenvalue weighted by atomic mass is 9.83. The number of aliphatic hydroxyl groups is 5. The zero-order chi connectivity index (χ0) is 34.3. The van der Waals surface area contributed by atoms with Crippen molar-refractivity contribution in [2.45, 2.75) is 125 Å². The van der Waals surface area contributed by atoms with Gasteiger partial charge in [0.1, 0.15) is 24.2 Å². The van der Waals surface area contributed by atoms with E-state index in [-0.39, 0.29) is 25.4 Å². The summed E-state index contributed by atoms with van der Waals surface area (Å²) in [5.74, 6) is -5.45. The van der Waals surface area contributed by atoms with Crippen molar-refractivity contribution in [1.82, 2.24) is 0 Å². The van der Waals surface area contributed by atoms with Crippen LogP contribution >= 0.6 is 0 Å². The molecule has 0 saturated carbocycles. The fourth-order valence-electron chi connectivity index (χ4n) is 6.00. The predicted molar refractivity (Wildman–Crippen MR) is 165 cm³/mol. The SMILES string of the molecule is C[C@@H]1C/C=C/C=C/C=C/C=C/[C@H](O[C@H]2O[C@@H](C)[C@H](O)[C@@H](N)[C@@H]2O)C[C@@H]2O[C@](O)(C[C@@H](O)C[C@H]3O[C@@H]3/C=C/C(=O)O1)C[C@H](O)[C@H]2C(=O)O. The summed E-state index contributed by atoms with van der Waals surface area (Å²) in [5, 5.41) is 63.9. The lowest BCUT2D eigenvalue weighted by Gasteiger charge is -2.45. The van der Waals surface area contributed by atoms with Gasteiger partial charge in [0, 0.05) is 38.2 Å². The third kappa shape index (κ3) is 10.6. The highest BCUT2D eigenvalue weighted by Gasteiger charge is 2.51. The summed E-state index contributed by atoms with van der Waals surface area (Å²) in [6.45, 7) is 3.34. The van der Waals surface area contributed by atoms with Gasteiger partial charge in [-0.1, -0.05) is 48.6 Å². The third-order valence-electron chi connectivity index (χ3n) is 8.58. The summed E-state index contributed by atoms with van der Waals surface area (Å²) in [4.78, 5) is 24.4. The molecular weight excluding hydrogens is 618 g/mol. The van der Waals surface area contributed by atoms with Crippen LogP contribution in [0.3, 0.4) is 0 Å². The first-order valence-electron chi connectivity index (χ1n) is 15.9. The van der Waals surface area contributed by atoms with E-state index < -0.39 is 97.3 Å². The number of carboxylic acid groups (broad SMARTS) is 1. The number of aliphatic hydroxyl groups excluding tert-OH is 4. The Labute approximate surface area is 273 Å². The van der Waals surface area contributed by atoms with Crippen molar-refractivity contribution in [2.24, 2.45) is 11.7 Å². The predicted octanol–water partition coefficient (Wildman–Crippen LogP) is 0.120. The van der Waals surface area contributed by atoms with Crippen LogP contribution in [0.25, 0.3) is 0 Å². The van der Waals surface area contributed by atoms with Crippen LogP contribution in [0.1, 0.15) is 46.0 Å². The molecule has 8 N–H and O–H groups in total. The van der Waals surface area contributed by atoms with Crippen molar-refractivity contribution in [2.75, 3.05) is 0 Å². The molecule has 14 atom stereocenters. The van der Waals surface area contributed by atoms with Crippen LogP contribution in [0.5, 0.6) is 0 Å². The molecule has 4 aliphatic rings. The maximum absolute atomic E-state index is 12.3. The van der Waals surface area contributed by atoms with Crippen molar-refractivity contribution < 1.29 is 63.9 Å². The van der Waals surface area contributed by atoms with Gasteiger partial charge in [-0.3, -0.25) is 4.79 Å². The van der Waals surface area contributed by atoms with E-state index in [1.165, 1.54) is 12.2 Å². The molecule has 14 heteroatoms. The minimum Gasteiger partial charge on any atom is -0.481 e. The molecule has 0 amide bonds. The van der Waals surface area contributed by atoms with Crippen molar-refractivity contribution in [3.05, 3.63) is 60.8 Å². The van der Waals surface area contributed by atoms with Crippen molar-refractivity contribution >= 4 is 11.9 Å². The van der Waals surface area contributed by atoms with E-state index in [0.717, 1.165) is 0 Å². The average Bonchev–Trinajstić information content (AvgIpc) is 3.72. The molecule has 14 nitrogen and oxygen atoms in total. The first kappa shape index (κ1) is 37.1. The van der Waals surface area contributed by atoms with Gasteiger partial charge < -0.3 is 60.1 Å². The summed E-state index contributed by atoms with van der Waals surface area (Å²) in [5.41, 5.74) is 5.98. The lowest BCUT2D eigenvalue weighted by Crippen LogP contribution is -2.61. The molecular formula is C33H47NO13. The number of carboxylic acids is 1. The van der Waals surface area contributed by atoms with Gasteiger partial charge in [0.25, 0.3) is 0 Å². The number of epoxide rings is 1. The molecule has 3 saturated heterocycles. The summed E-state index contributed by atoms with van der Waals surface area (Å²) in [6.07, 6.45) is 5.25. The van der Waals surface area contributed by atoms with Gasteiger partial charge in [-0.25, -0.2) is 4.79 Å². The number of hydrogen-bond donors (Lipinski definition) is 7. The van der Waals surface area contributed by atoms with Crippen molar-refractivity contribution in [3.63, 3.8) is 0 Å². The average molecular weight is 666 g/mol. The minimum atomic E-state index is -2.10. The van der Waals surface area contributed by atoms with Gasteiger partial charge in [-0.05, 0) is 19.9 Å². The van der Waals surface area contributed by atoms with E-state index >= 15 is 0 Å². The molecule has 4 aliphatic heterocycles. The van der Waals surface area contributed by atoms with E-state index in [1.54, 1.807) is 56.4 Å². The normalized spacial score (nSPS) is 47.2. The Kier molecular flexibility index (Phi) is 13.1. The fraction of sp³-hybridized carbons (Fsp3) is 0.636. The van der Waals surface area contributed by atoms with Crippen LogP contribution in [0.15, 0.2) is 60.8 Å². The van der Waals surface area contributed by atoms with Gasteiger partial charge >= 0.3 is 11.9 Å². The third-order valence-corrected chi connectivity index (χ3v) is 8.58. The Morgan fingerprint density at radius 3 is 2.36 bits per heavy atom. The number of hydrogen-bond acceptors (Lipinski definition) is 13. The molecule has 0 aromatic rings. The summed E-state index contributed by atoms with van der Waals surface area (Å²) in [6, 6.07) is -1.08. The largest absolute Gasteiger partial charge is 0.481 e. The molecule has 0 aromatic carbocycles. The highest BCUT2D eigenvalue weighted by Crippen LogP contribution is 2.39. The molecule has 2 bridgehead atoms. The fourth-order valence-corrected chi connectivity index (χ4v) is 6.00. The van der Waals surface area contributed by atoms with E-state index in [2.05, 4.69) is 0 Å². The number of allylic oxidation sites excluding steroid dienone is 6. The van der Waals surface area contributed by atoms with Crippen LogP contribution in [0.2, 0.25) is 0 Å². The zero-order valence-corrected chi connectivity index (χ0v) is 26.4. The van der Waals surface area contributed by atoms with Crippen LogP contribution in [0, 0.1) is 5.92 Å². The van der Waals surface area contributed by atoms with E-state index in [0.29, 0.717) is 6.42 Å². The Morgan fingerprint density at radius 2 is 1.64 bits per heavy atom. The summed E-state index contributed by atoms with van der Waals surface area (Å²) >= 11 is 0. The van der Waals surface area contributed by atoms with Crippen LogP contribution in [-0.4, -0.2) is 122 Å². The molecule has 0 radical (unpaired) electrons. The number of rotatable bonds is 3. The molecule has 262 valence electrons. The van der Waals surface area contributed by atoms with Gasteiger partial charge in [0.05, 0.1) is 48.8 Å². The second-order valence-corrected chi connectivity index (χ2v) is 12.6. The number of cyclic esters (lactones) is 1. The highest BCUT2D eigenvalue weighted by atomic mass is 16.7. The van der Waals surface area contributed by atoms with Gasteiger partial charge in [-0.15, -0.1) is 0 Å². The Bertz CT molecular complexity index is 1220. The number of carbonyl (C=O) groups excluding carboxylic acids is 1. The molecule has 0 spiro atoms. The van der Waals surface area contributed by atoms with Gasteiger partial charge in [0.2, 0.25) is 0 Å². The van der Waals surface area contributed by atoms with E-state index in [9.17, 15) is 40.2 Å². The van der Waals surface area contributed by atoms with Gasteiger partial charge in [-0.2, -0.15) is 0 Å². The quantitative estimate of drug-likeness (QED) is 0.157. The zero-order valence-electron chi connectivity index (χ0n) is 26.4. The number of fused-ring (bicyclic) bond motifs is 3. The second-order valence-electron chi connectivity index (χ2n) is 12.6. The first-order chi connectivity index (χ1) is 22.3. The topological polar surface area (TPSA) is 231 Å². The first-order valence-corrected chi connectivity index (χ1v) is 15.9. The second kappa shape index (κ2) is 16.6. The van der Waals surface area contributed by atoms with Crippen LogP contribution in [-0.2, 0) is 33.3 Å². The Balaban J connectivity index is 1.58. The lowest BCUT2D eigenvalue weighted by molar-refractivity contribution is -0.308. The molecule has 3 fully saturated rings. The molecule has 0 unspecified atom stereocenters. The standard InChI is InChI=1S/C33H47NO13/c1-18-10-8-6-4-3-5-7-9-11-21(45-32-30(39)28(34)29(38)19(2)44-32)15-25-27(31(40)41)22(36)17-33(42,47-25)16-20(35)14-24-23(46-24)12-13-26(37)43-18/h3-9,11-13,18-25,27-30,32,35-36,38-39,42H,10,14-17,34H2,1-2H3,(H,40,41)/b4-3+,7-5+,8-6+,11-9+,13-12+/t18-,19+,20+,21+,22+,23-,24-,25+,27-,28-,29+,30+,32-,33-/m1/s1. The molecule has 4 heterocycles. The number of ether oxygens (including phenoxy) is 5. The number of carbonyl (C=O) groups is 2. The summed E-state index contributed by atoms with van der Waals surface area (Å²) in [7, 11) is 0. The maximum Gasteiger partial charge on any atom is 0.330 e. The number of nitrogens with two attached hydrogens (primary N) is 1. The number of aliphatic carboxylic acids is 1. The molecule has 47 heavy (non-hydrogen) atoms. The highest BCUT2D eigenvalue weighted by molar-refractivity contribution is 5.82. The van der Waals surface area contributed by atoms with Crippen molar-refractivity contribution in [3.8, 4) is 0 Å². The van der Waals surface area contributed by atoms with Crippen molar-refractivity contribution in [1.29, 1.82) is 0 Å². The van der Waals surface area contributed by atoms with Crippen LogP contribution in [0.4, 0.5) is 0 Å². The smallest absolute Gasteiger partial charge is 0.330 e. The minimum absolute atomic E-state index is 0.0789. The van der Waals surface area contributed by atoms with Gasteiger partial charge in [0.15, 0.2) is 12.1 Å². The molecule has 4 rings (SSSR count). The van der Waals surface area contributed by atoms with E-state index in [4.69, 9.17) is 29.4 Å². The van der Waals surface area contributed by atoms with Crippen LogP contribution < -0.4 is 5.73 Å². The summed E-state index contributed by atoms with van der Waals surface area (Å²) < 4.78 is 28.5. The Morgan fingerprint density at radius 1 is 0.936 bits per heavy atom. The molecule has 0 aliphatic carbocycles. The molecule has 0 aromatic heterocycles. The maximum atomic E-state index is 12.3.